The highest BCUT2D eigenvalue weighted by Gasteiger charge is 2.58. The Balaban J connectivity index is 1.44. The fourth-order valence-corrected chi connectivity index (χ4v) is 10.7. The van der Waals surface area contributed by atoms with Gasteiger partial charge in [-0.15, -0.1) is 0 Å². The molecule has 1 atom stereocenters. The number of aliphatic imine (C=N–C) groups is 1. The van der Waals surface area contributed by atoms with Crippen molar-refractivity contribution in [2.75, 3.05) is 4.90 Å². The number of hydrogen-bond acceptors (Lipinski definition) is 3. The first-order valence-corrected chi connectivity index (χ1v) is 21.6. The summed E-state index contributed by atoms with van der Waals surface area (Å²) < 4.78 is 2.47. The summed E-state index contributed by atoms with van der Waals surface area (Å²) in [5.41, 5.74) is 14.6. The van der Waals surface area contributed by atoms with Gasteiger partial charge in [0.15, 0.2) is 0 Å². The van der Waals surface area contributed by atoms with Crippen LogP contribution in [0.15, 0.2) is 126 Å². The number of fused-ring (bicyclic) bond motifs is 3. The highest BCUT2D eigenvalue weighted by molar-refractivity contribution is 6.15. The van der Waals surface area contributed by atoms with Gasteiger partial charge in [0, 0.05) is 39.5 Å². The molecule has 0 unspecified atom stereocenters. The minimum absolute atomic E-state index is 0.0203. The average molecular weight is 779 g/mol. The van der Waals surface area contributed by atoms with Crippen LogP contribution in [-0.2, 0) is 5.41 Å². The molecule has 0 radical (unpaired) electrons. The number of aromatic nitrogens is 2. The fourth-order valence-electron chi connectivity index (χ4n) is 10.7. The number of hydrogen-bond donors (Lipinski definition) is 0. The molecule has 4 heteroatoms. The molecule has 4 nitrogen and oxygen atoms in total. The minimum Gasteiger partial charge on any atom is -0.318 e. The first-order valence-electron chi connectivity index (χ1n) is 21.6. The van der Waals surface area contributed by atoms with Crippen molar-refractivity contribution in [2.45, 2.75) is 107 Å². The molecule has 0 aliphatic carbocycles. The molecule has 2 aromatic heterocycles. The van der Waals surface area contributed by atoms with Crippen LogP contribution in [0, 0.1) is 38.5 Å². The Kier molecular flexibility index (Phi) is 10.0. The number of rotatable bonds is 8. The molecular weight excluding hydrogens is 717 g/mol. The van der Waals surface area contributed by atoms with Gasteiger partial charge in [0.1, 0.15) is 5.84 Å². The smallest absolute Gasteiger partial charge is 0.136 e. The number of para-hydroxylation sites is 1. The number of nitrogens with zero attached hydrogens (tertiary/aromatic N) is 4. The fraction of sp³-hybridized carbons (Fsp3) is 0.345. The van der Waals surface area contributed by atoms with Crippen LogP contribution in [0.4, 0.5) is 5.69 Å². The first-order chi connectivity index (χ1) is 27.9. The molecule has 302 valence electrons. The van der Waals surface area contributed by atoms with Crippen molar-refractivity contribution in [1.82, 2.24) is 9.55 Å². The lowest BCUT2D eigenvalue weighted by Crippen LogP contribution is -2.60. The Morgan fingerprint density at radius 3 is 1.88 bits per heavy atom. The second kappa shape index (κ2) is 14.7. The Bertz CT molecular complexity index is 2710. The van der Waals surface area contributed by atoms with Crippen molar-refractivity contribution in [1.29, 1.82) is 0 Å². The molecule has 0 bridgehead atoms. The predicted octanol–water partition coefficient (Wildman–Crippen LogP) is 14.5. The van der Waals surface area contributed by atoms with Crippen LogP contribution >= 0.6 is 0 Å². The van der Waals surface area contributed by atoms with E-state index in [0.717, 1.165) is 39.4 Å². The summed E-state index contributed by atoms with van der Waals surface area (Å²) in [5.74, 6) is 2.27. The zero-order valence-corrected chi connectivity index (χ0v) is 37.6. The van der Waals surface area contributed by atoms with Gasteiger partial charge in [0.25, 0.3) is 0 Å². The van der Waals surface area contributed by atoms with Crippen LogP contribution in [-0.4, -0.2) is 26.5 Å². The van der Waals surface area contributed by atoms with Crippen molar-refractivity contribution in [3.8, 4) is 28.1 Å². The van der Waals surface area contributed by atoms with Gasteiger partial charge < -0.3 is 9.47 Å². The van der Waals surface area contributed by atoms with Gasteiger partial charge in [-0.3, -0.25) is 9.98 Å². The predicted molar refractivity (Wildman–Crippen MR) is 253 cm³/mol. The lowest BCUT2D eigenvalue weighted by Gasteiger charge is -2.50. The molecule has 0 spiro atoms. The molecule has 0 saturated heterocycles. The molecule has 0 amide bonds. The monoisotopic (exact) mass is 778 g/mol. The van der Waals surface area contributed by atoms with Gasteiger partial charge >= 0.3 is 0 Å². The molecule has 0 fully saturated rings. The van der Waals surface area contributed by atoms with Crippen molar-refractivity contribution in [2.24, 2.45) is 22.7 Å². The molecule has 0 N–H and O–H groups in total. The van der Waals surface area contributed by atoms with Crippen LogP contribution in [0.1, 0.15) is 97.1 Å². The number of pyridine rings is 1. The van der Waals surface area contributed by atoms with E-state index in [0.29, 0.717) is 17.8 Å². The highest BCUT2D eigenvalue weighted by Crippen LogP contribution is 2.52. The minimum atomic E-state index is -0.381. The van der Waals surface area contributed by atoms with E-state index < -0.39 is 0 Å². The largest absolute Gasteiger partial charge is 0.318 e. The van der Waals surface area contributed by atoms with Gasteiger partial charge in [-0.25, -0.2) is 0 Å². The number of benzene rings is 5. The van der Waals surface area contributed by atoms with Crippen LogP contribution in [0.3, 0.4) is 0 Å². The van der Waals surface area contributed by atoms with Crippen LogP contribution in [0.25, 0.3) is 49.9 Å². The molecule has 5 aromatic carbocycles. The van der Waals surface area contributed by atoms with Gasteiger partial charge in [0.2, 0.25) is 0 Å². The Labute approximate surface area is 353 Å². The summed E-state index contributed by atoms with van der Waals surface area (Å²) in [6, 6.07) is 42.7. The lowest BCUT2D eigenvalue weighted by atomic mass is 9.64. The quantitative estimate of drug-likeness (QED) is 0.154. The van der Waals surface area contributed by atoms with Crippen molar-refractivity contribution < 1.29 is 0 Å². The van der Waals surface area contributed by atoms with E-state index in [1.54, 1.807) is 0 Å². The summed E-state index contributed by atoms with van der Waals surface area (Å²) in [6.07, 6.45) is 1.95. The normalized spacial score (nSPS) is 16.9. The molecule has 1 aliphatic heterocycles. The van der Waals surface area contributed by atoms with E-state index in [4.69, 9.17) is 9.98 Å². The van der Waals surface area contributed by atoms with Crippen LogP contribution < -0.4 is 4.90 Å². The number of anilines is 1. The van der Waals surface area contributed by atoms with E-state index in [2.05, 4.69) is 215 Å². The second-order valence-corrected chi connectivity index (χ2v) is 19.6. The van der Waals surface area contributed by atoms with E-state index in [1.807, 2.05) is 6.20 Å². The molecular formula is C55H62N4. The van der Waals surface area contributed by atoms with Crippen molar-refractivity contribution >= 4 is 33.3 Å². The zero-order valence-electron chi connectivity index (χ0n) is 37.6. The number of aryl methyl sites for hydroxylation is 3. The third kappa shape index (κ3) is 6.79. The first kappa shape index (κ1) is 40.3. The van der Waals surface area contributed by atoms with Crippen molar-refractivity contribution in [3.63, 3.8) is 0 Å². The topological polar surface area (TPSA) is 33.4 Å². The molecule has 0 saturated carbocycles. The van der Waals surface area contributed by atoms with E-state index in [9.17, 15) is 0 Å². The summed E-state index contributed by atoms with van der Waals surface area (Å²) >= 11 is 0. The average Bonchev–Trinajstić information content (AvgIpc) is 3.61. The third-order valence-corrected chi connectivity index (χ3v) is 13.4. The maximum atomic E-state index is 6.04. The third-order valence-electron chi connectivity index (χ3n) is 13.4. The molecule has 59 heavy (non-hydrogen) atoms. The van der Waals surface area contributed by atoms with E-state index in [1.165, 1.54) is 49.8 Å². The SMILES string of the molecule is Cc1cc(C)c(N2C(c3cc(-c4ccccc4)cc(-n4c5ccccc5c5ccc(-c6cc(C(C)(C)C)ccn6)cc54)c3)=N[C@](C)(C(C(C)C)C(C)C)C2(C)C)c(C)c1. The van der Waals surface area contributed by atoms with Crippen molar-refractivity contribution in [3.05, 3.63) is 149 Å². The van der Waals surface area contributed by atoms with E-state index in [-0.39, 0.29) is 16.5 Å². The van der Waals surface area contributed by atoms with E-state index >= 15 is 0 Å². The van der Waals surface area contributed by atoms with Gasteiger partial charge in [-0.05, 0) is 135 Å². The summed E-state index contributed by atoms with van der Waals surface area (Å²) in [7, 11) is 0. The second-order valence-electron chi connectivity index (χ2n) is 19.6. The molecule has 7 aromatic rings. The maximum Gasteiger partial charge on any atom is 0.136 e. The number of amidine groups is 1. The Morgan fingerprint density at radius 2 is 1.22 bits per heavy atom. The molecule has 1 aliphatic rings. The van der Waals surface area contributed by atoms with Gasteiger partial charge in [-0.2, -0.15) is 0 Å². The Hall–Kier alpha value is -5.48. The van der Waals surface area contributed by atoms with Gasteiger partial charge in [0.05, 0.1) is 27.8 Å². The summed E-state index contributed by atoms with van der Waals surface area (Å²) in [4.78, 5) is 13.5. The maximum absolute atomic E-state index is 6.04. The lowest BCUT2D eigenvalue weighted by molar-refractivity contribution is 0.116. The molecule has 8 rings (SSSR count). The van der Waals surface area contributed by atoms with Crippen LogP contribution in [0.2, 0.25) is 0 Å². The van der Waals surface area contributed by atoms with Gasteiger partial charge in [-0.1, -0.05) is 127 Å². The Morgan fingerprint density at radius 1 is 0.593 bits per heavy atom. The zero-order chi connectivity index (χ0) is 42.2. The molecule has 3 heterocycles. The highest BCUT2D eigenvalue weighted by atomic mass is 15.3. The summed E-state index contributed by atoms with van der Waals surface area (Å²) in [5, 5.41) is 2.45. The standard InChI is InChI=1S/C55H62N4/c1-34(2)50(35(3)4)55(13)54(11,12)59(51-37(6)27-36(5)28-38(51)7)52(57-55)42-29-41(39-19-15-14-16-20-39)30-44(31-42)58-48-22-18-17-21-45(48)46-24-23-40(32-49(46)58)47-33-43(25-26-56-47)53(8,9)10/h14-35,50H,1-13H3/t55-/m1/s1. The summed E-state index contributed by atoms with van der Waals surface area (Å²) in [6.45, 7) is 30.3. The van der Waals surface area contributed by atoms with Crippen LogP contribution in [0.5, 0.6) is 0 Å².